The van der Waals surface area contributed by atoms with Gasteiger partial charge >= 0.3 is 0 Å². The van der Waals surface area contributed by atoms with Crippen LogP contribution in [0.1, 0.15) is 50.8 Å². The van der Waals surface area contributed by atoms with Gasteiger partial charge in [-0.25, -0.2) is 4.98 Å². The first-order chi connectivity index (χ1) is 7.85. The minimum Gasteiger partial charge on any atom is -0.332 e. The molecule has 1 heterocycles. The van der Waals surface area contributed by atoms with Crippen molar-refractivity contribution in [1.82, 2.24) is 9.55 Å². The molecule has 1 saturated carbocycles. The zero-order valence-electron chi connectivity index (χ0n) is 10.2. The van der Waals surface area contributed by atoms with Gasteiger partial charge in [0.1, 0.15) is 0 Å². The van der Waals surface area contributed by atoms with Crippen LogP contribution in [-0.2, 0) is 6.42 Å². The van der Waals surface area contributed by atoms with Crippen LogP contribution in [0.25, 0.3) is 0 Å². The second kappa shape index (κ2) is 5.48. The lowest BCUT2D eigenvalue weighted by atomic mass is 9.84. The van der Waals surface area contributed by atoms with Crippen molar-refractivity contribution in [2.75, 3.05) is 6.54 Å². The van der Waals surface area contributed by atoms with Crippen LogP contribution in [0.4, 0.5) is 0 Å². The molecule has 0 atom stereocenters. The van der Waals surface area contributed by atoms with Crippen molar-refractivity contribution in [1.29, 1.82) is 0 Å². The Balaban J connectivity index is 1.99. The fourth-order valence-electron chi connectivity index (χ4n) is 2.83. The number of hydrogen-bond acceptors (Lipinski definition) is 2. The van der Waals surface area contributed by atoms with Crippen LogP contribution >= 0.6 is 0 Å². The summed E-state index contributed by atoms with van der Waals surface area (Å²) in [5, 5.41) is 0. The van der Waals surface area contributed by atoms with Gasteiger partial charge in [0.2, 0.25) is 0 Å². The van der Waals surface area contributed by atoms with Gasteiger partial charge in [-0.2, -0.15) is 0 Å². The summed E-state index contributed by atoms with van der Waals surface area (Å²) in [7, 11) is 0. The Hall–Kier alpha value is -0.830. The summed E-state index contributed by atoms with van der Waals surface area (Å²) in [5.41, 5.74) is 6.93. The van der Waals surface area contributed by atoms with Gasteiger partial charge in [-0.3, -0.25) is 0 Å². The van der Waals surface area contributed by atoms with E-state index in [2.05, 4.69) is 16.5 Å². The van der Waals surface area contributed by atoms with Crippen LogP contribution < -0.4 is 5.73 Å². The molecule has 1 aliphatic rings. The zero-order valence-corrected chi connectivity index (χ0v) is 10.2. The van der Waals surface area contributed by atoms with Crippen LogP contribution in [0.3, 0.4) is 0 Å². The molecule has 1 aromatic rings. The number of hydrogen-bond donors (Lipinski definition) is 1. The SMILES string of the molecule is CCC1CCC(n2cncc2CCN)CC1. The summed E-state index contributed by atoms with van der Waals surface area (Å²) >= 11 is 0. The molecular formula is C13H23N3. The molecule has 1 fully saturated rings. The number of aromatic nitrogens is 2. The second-order valence-corrected chi connectivity index (χ2v) is 4.91. The Morgan fingerprint density at radius 3 is 2.75 bits per heavy atom. The highest BCUT2D eigenvalue weighted by molar-refractivity contribution is 5.01. The smallest absolute Gasteiger partial charge is 0.0950 e. The molecule has 0 bridgehead atoms. The highest BCUT2D eigenvalue weighted by atomic mass is 15.1. The maximum Gasteiger partial charge on any atom is 0.0950 e. The van der Waals surface area contributed by atoms with Gasteiger partial charge in [-0.05, 0) is 38.1 Å². The molecule has 3 nitrogen and oxygen atoms in total. The highest BCUT2D eigenvalue weighted by Crippen LogP contribution is 2.34. The maximum atomic E-state index is 5.62. The number of nitrogens with zero attached hydrogens (tertiary/aromatic N) is 2. The molecule has 1 aliphatic carbocycles. The number of rotatable bonds is 4. The third-order valence-electron chi connectivity index (χ3n) is 3.93. The standard InChI is InChI=1S/C13H23N3/c1-2-11-3-5-12(6-4-11)16-10-15-9-13(16)7-8-14/h9-12H,2-8,14H2,1H3. The van der Waals surface area contributed by atoms with Crippen molar-refractivity contribution in [3.05, 3.63) is 18.2 Å². The minimum absolute atomic E-state index is 0.673. The first-order valence-electron chi connectivity index (χ1n) is 6.56. The first kappa shape index (κ1) is 11.6. The lowest BCUT2D eigenvalue weighted by Gasteiger charge is -2.29. The summed E-state index contributed by atoms with van der Waals surface area (Å²) in [6.07, 6.45) is 11.6. The van der Waals surface area contributed by atoms with Gasteiger partial charge in [-0.1, -0.05) is 13.3 Å². The van der Waals surface area contributed by atoms with Crippen molar-refractivity contribution in [3.8, 4) is 0 Å². The highest BCUT2D eigenvalue weighted by Gasteiger charge is 2.22. The molecule has 0 unspecified atom stereocenters. The van der Waals surface area contributed by atoms with Gasteiger partial charge < -0.3 is 10.3 Å². The summed E-state index contributed by atoms with van der Waals surface area (Å²) < 4.78 is 2.36. The monoisotopic (exact) mass is 221 g/mol. The molecule has 2 rings (SSSR count). The lowest BCUT2D eigenvalue weighted by Crippen LogP contribution is -2.19. The van der Waals surface area contributed by atoms with E-state index in [1.165, 1.54) is 37.8 Å². The molecule has 0 spiro atoms. The normalized spacial score (nSPS) is 25.9. The summed E-state index contributed by atoms with van der Waals surface area (Å²) in [6, 6.07) is 0.673. The first-order valence-corrected chi connectivity index (χ1v) is 6.56. The van der Waals surface area contributed by atoms with Gasteiger partial charge in [0.25, 0.3) is 0 Å². The minimum atomic E-state index is 0.673. The van der Waals surface area contributed by atoms with Crippen molar-refractivity contribution in [3.63, 3.8) is 0 Å². The Kier molecular flexibility index (Phi) is 3.99. The number of imidazole rings is 1. The molecule has 3 heteroatoms. The Labute approximate surface area is 98.1 Å². The third-order valence-corrected chi connectivity index (χ3v) is 3.93. The molecule has 0 aliphatic heterocycles. The van der Waals surface area contributed by atoms with E-state index in [4.69, 9.17) is 5.73 Å². The summed E-state index contributed by atoms with van der Waals surface area (Å²) in [4.78, 5) is 4.26. The van der Waals surface area contributed by atoms with Crippen molar-refractivity contribution in [2.24, 2.45) is 11.7 Å². The topological polar surface area (TPSA) is 43.8 Å². The zero-order chi connectivity index (χ0) is 11.4. The van der Waals surface area contributed by atoms with Crippen LogP contribution in [0.5, 0.6) is 0 Å². The summed E-state index contributed by atoms with van der Waals surface area (Å²) in [5.74, 6) is 0.956. The fourth-order valence-corrected chi connectivity index (χ4v) is 2.83. The number of nitrogens with two attached hydrogens (primary N) is 1. The molecule has 90 valence electrons. The molecule has 16 heavy (non-hydrogen) atoms. The molecule has 0 amide bonds. The van der Waals surface area contributed by atoms with Crippen molar-refractivity contribution < 1.29 is 0 Å². The van der Waals surface area contributed by atoms with E-state index in [1.807, 2.05) is 12.5 Å². The molecule has 0 radical (unpaired) electrons. The van der Waals surface area contributed by atoms with Crippen LogP contribution in [0.2, 0.25) is 0 Å². The van der Waals surface area contributed by atoms with E-state index in [9.17, 15) is 0 Å². The summed E-state index contributed by atoms with van der Waals surface area (Å²) in [6.45, 7) is 3.03. The quantitative estimate of drug-likeness (QED) is 0.849. The second-order valence-electron chi connectivity index (χ2n) is 4.91. The van der Waals surface area contributed by atoms with Gasteiger partial charge in [0.15, 0.2) is 0 Å². The third kappa shape index (κ3) is 2.46. The van der Waals surface area contributed by atoms with E-state index in [1.54, 1.807) is 0 Å². The maximum absolute atomic E-state index is 5.62. The Morgan fingerprint density at radius 1 is 1.38 bits per heavy atom. The Bertz CT molecular complexity index is 311. The van der Waals surface area contributed by atoms with E-state index < -0.39 is 0 Å². The average Bonchev–Trinajstić information content (AvgIpc) is 2.78. The van der Waals surface area contributed by atoms with Gasteiger partial charge in [0.05, 0.1) is 6.33 Å². The van der Waals surface area contributed by atoms with Gasteiger partial charge in [-0.15, -0.1) is 0 Å². The average molecular weight is 221 g/mol. The molecule has 2 N–H and O–H groups in total. The molecule has 0 aromatic carbocycles. The Morgan fingerprint density at radius 2 is 2.12 bits per heavy atom. The van der Waals surface area contributed by atoms with Gasteiger partial charge in [0, 0.05) is 24.4 Å². The molecular weight excluding hydrogens is 198 g/mol. The largest absolute Gasteiger partial charge is 0.332 e. The fraction of sp³-hybridized carbons (Fsp3) is 0.769. The predicted molar refractivity (Wildman–Crippen MR) is 66.3 cm³/mol. The van der Waals surface area contributed by atoms with Crippen LogP contribution in [-0.4, -0.2) is 16.1 Å². The van der Waals surface area contributed by atoms with E-state index in [0.29, 0.717) is 6.04 Å². The molecule has 0 saturated heterocycles. The predicted octanol–water partition coefficient (Wildman–Crippen LogP) is 2.53. The van der Waals surface area contributed by atoms with Crippen LogP contribution in [0.15, 0.2) is 12.5 Å². The van der Waals surface area contributed by atoms with Crippen LogP contribution in [0, 0.1) is 5.92 Å². The van der Waals surface area contributed by atoms with E-state index in [0.717, 1.165) is 18.9 Å². The lowest BCUT2D eigenvalue weighted by molar-refractivity contribution is 0.266. The van der Waals surface area contributed by atoms with Crippen molar-refractivity contribution >= 4 is 0 Å². The van der Waals surface area contributed by atoms with E-state index in [-0.39, 0.29) is 0 Å². The van der Waals surface area contributed by atoms with Crippen molar-refractivity contribution in [2.45, 2.75) is 51.5 Å². The molecule has 1 aromatic heterocycles. The van der Waals surface area contributed by atoms with E-state index >= 15 is 0 Å².